The van der Waals surface area contributed by atoms with Crippen LogP contribution in [0.15, 0.2) is 42.5 Å². The first-order chi connectivity index (χ1) is 13.6. The lowest BCUT2D eigenvalue weighted by molar-refractivity contribution is 0.373. The monoisotopic (exact) mass is 432 g/mol. The molecule has 29 heavy (non-hydrogen) atoms. The van der Waals surface area contributed by atoms with Gasteiger partial charge in [-0.1, -0.05) is 24.3 Å². The van der Waals surface area contributed by atoms with E-state index in [1.165, 1.54) is 5.56 Å². The molecule has 0 amide bonds. The van der Waals surface area contributed by atoms with E-state index in [4.69, 9.17) is 8.85 Å². The molecule has 0 heterocycles. The zero-order valence-corrected chi connectivity index (χ0v) is 20.5. The lowest BCUT2D eigenvalue weighted by atomic mass is 10.1. The number of benzene rings is 2. The van der Waals surface area contributed by atoms with Crippen LogP contribution in [0, 0.1) is 0 Å². The summed E-state index contributed by atoms with van der Waals surface area (Å²) in [7, 11) is -1.89. The Bertz CT molecular complexity index is 790. The largest absolute Gasteiger partial charge is 0.508 e. The van der Waals surface area contributed by atoms with Crippen molar-refractivity contribution in [3.05, 3.63) is 53.6 Å². The molecule has 0 saturated heterocycles. The molecule has 2 N–H and O–H groups in total. The van der Waals surface area contributed by atoms with E-state index in [1.54, 1.807) is 19.2 Å². The molecule has 4 nitrogen and oxygen atoms in total. The Morgan fingerprint density at radius 2 is 1.41 bits per heavy atom. The van der Waals surface area contributed by atoms with Crippen molar-refractivity contribution in [2.75, 3.05) is 7.11 Å². The number of rotatable bonds is 11. The van der Waals surface area contributed by atoms with Crippen LogP contribution < -0.4 is 4.74 Å². The second-order valence-corrected chi connectivity index (χ2v) is 17.8. The summed E-state index contributed by atoms with van der Waals surface area (Å²) >= 11 is 0. The molecule has 0 bridgehead atoms. The van der Waals surface area contributed by atoms with Crippen LogP contribution in [0.4, 0.5) is 0 Å². The van der Waals surface area contributed by atoms with Crippen LogP contribution >= 0.6 is 0 Å². The summed E-state index contributed by atoms with van der Waals surface area (Å²) in [5.41, 5.74) is 2.21. The van der Waals surface area contributed by atoms with Crippen LogP contribution in [0.25, 0.3) is 0 Å². The second-order valence-electron chi connectivity index (χ2n) is 8.96. The first kappa shape index (κ1) is 23.5. The minimum Gasteiger partial charge on any atom is -0.508 e. The van der Waals surface area contributed by atoms with E-state index < -0.39 is 16.6 Å². The molecule has 0 atom stereocenters. The van der Waals surface area contributed by atoms with E-state index in [2.05, 4.69) is 26.2 Å². The van der Waals surface area contributed by atoms with Gasteiger partial charge in [0.05, 0.1) is 7.11 Å². The molecule has 0 spiro atoms. The van der Waals surface area contributed by atoms with E-state index in [0.717, 1.165) is 43.3 Å². The molecule has 0 aliphatic rings. The summed E-state index contributed by atoms with van der Waals surface area (Å²) in [6, 6.07) is 15.4. The minimum absolute atomic E-state index is 0.186. The van der Waals surface area contributed by atoms with Gasteiger partial charge in [0.2, 0.25) is 0 Å². The maximum atomic E-state index is 9.93. The van der Waals surface area contributed by atoms with Crippen molar-refractivity contribution in [1.82, 2.24) is 0 Å². The molecule has 2 aromatic rings. The van der Waals surface area contributed by atoms with Crippen LogP contribution in [0.1, 0.15) is 24.0 Å². The normalized spacial score (nSPS) is 12.2. The molecule has 6 heteroatoms. The Morgan fingerprint density at radius 3 is 2.03 bits per heavy atom. The van der Waals surface area contributed by atoms with E-state index >= 15 is 0 Å². The SMILES string of the molecule is COc1cc(CCC[Si](C)(C)O[Si](C)(C)CCCc2ccccc2O)ccc1O. The lowest BCUT2D eigenvalue weighted by Gasteiger charge is -2.34. The van der Waals surface area contributed by atoms with Crippen molar-refractivity contribution >= 4 is 16.6 Å². The molecule has 2 rings (SSSR count). The van der Waals surface area contributed by atoms with E-state index in [-0.39, 0.29) is 5.75 Å². The molecule has 0 unspecified atom stereocenters. The molecular weight excluding hydrogens is 396 g/mol. The zero-order chi connectivity index (χ0) is 21.5. The van der Waals surface area contributed by atoms with Crippen LogP contribution in [0.5, 0.6) is 17.2 Å². The molecule has 0 aliphatic carbocycles. The van der Waals surface area contributed by atoms with Gasteiger partial charge in [-0.2, -0.15) is 0 Å². The van der Waals surface area contributed by atoms with Gasteiger partial charge in [-0.15, -0.1) is 0 Å². The Kier molecular flexibility index (Phi) is 8.37. The van der Waals surface area contributed by atoms with Gasteiger partial charge in [-0.05, 0) is 93.3 Å². The van der Waals surface area contributed by atoms with Gasteiger partial charge in [0.1, 0.15) is 5.75 Å². The highest BCUT2D eigenvalue weighted by molar-refractivity contribution is 6.84. The fraction of sp³-hybridized carbons (Fsp3) is 0.478. The first-order valence-electron chi connectivity index (χ1n) is 10.4. The number of aromatic hydroxyl groups is 2. The van der Waals surface area contributed by atoms with Gasteiger partial charge in [0.15, 0.2) is 28.1 Å². The van der Waals surface area contributed by atoms with E-state index in [9.17, 15) is 10.2 Å². The molecule has 0 aromatic heterocycles. The van der Waals surface area contributed by atoms with Crippen LogP contribution in [0.2, 0.25) is 38.3 Å². The number of phenols is 2. The van der Waals surface area contributed by atoms with Gasteiger partial charge >= 0.3 is 0 Å². The van der Waals surface area contributed by atoms with Crippen LogP contribution in [-0.4, -0.2) is 34.0 Å². The lowest BCUT2D eigenvalue weighted by Crippen LogP contribution is -2.44. The highest BCUT2D eigenvalue weighted by Crippen LogP contribution is 2.29. The smallest absolute Gasteiger partial charge is 0.173 e. The fourth-order valence-corrected chi connectivity index (χ4v) is 12.7. The first-order valence-corrected chi connectivity index (χ1v) is 16.7. The molecule has 0 saturated carbocycles. The fourth-order valence-electron chi connectivity index (χ4n) is 3.87. The summed E-state index contributed by atoms with van der Waals surface area (Å²) in [5, 5.41) is 19.7. The Balaban J connectivity index is 1.79. The molecule has 2 aromatic carbocycles. The standard InChI is InChI=1S/C23H36O4Si2/c1-26-23-18-19(14-15-22(23)25)10-8-16-28(2,3)27-29(4,5)17-9-12-20-11-6-7-13-21(20)24/h6-7,11,13-15,18,24-25H,8-10,12,16-17H2,1-5H3. The summed E-state index contributed by atoms with van der Waals surface area (Å²) in [4.78, 5) is 0. The molecular formula is C23H36O4Si2. The topological polar surface area (TPSA) is 58.9 Å². The van der Waals surface area contributed by atoms with Crippen molar-refractivity contribution < 1.29 is 19.1 Å². The number of para-hydroxylation sites is 1. The highest BCUT2D eigenvalue weighted by atomic mass is 28.4. The van der Waals surface area contributed by atoms with Crippen LogP contribution in [-0.2, 0) is 17.0 Å². The molecule has 0 aliphatic heterocycles. The van der Waals surface area contributed by atoms with Gasteiger partial charge in [-0.25, -0.2) is 0 Å². The number of ether oxygens (including phenoxy) is 1. The van der Waals surface area contributed by atoms with Crippen molar-refractivity contribution in [3.63, 3.8) is 0 Å². The van der Waals surface area contributed by atoms with Crippen LogP contribution in [0.3, 0.4) is 0 Å². The maximum absolute atomic E-state index is 9.93. The average molecular weight is 433 g/mol. The number of hydrogen-bond acceptors (Lipinski definition) is 4. The third kappa shape index (κ3) is 7.87. The maximum Gasteiger partial charge on any atom is 0.173 e. The zero-order valence-electron chi connectivity index (χ0n) is 18.5. The van der Waals surface area contributed by atoms with E-state index in [0.29, 0.717) is 11.5 Å². The number of aryl methyl sites for hydroxylation is 2. The van der Waals surface area contributed by atoms with Crippen molar-refractivity contribution in [2.24, 2.45) is 0 Å². The molecule has 0 fully saturated rings. The van der Waals surface area contributed by atoms with Crippen molar-refractivity contribution in [1.29, 1.82) is 0 Å². The predicted molar refractivity (Wildman–Crippen MR) is 125 cm³/mol. The van der Waals surface area contributed by atoms with Gasteiger partial charge in [0.25, 0.3) is 0 Å². The Labute approximate surface area is 177 Å². The summed E-state index contributed by atoms with van der Waals surface area (Å²) in [6.45, 7) is 9.28. The number of methoxy groups -OCH3 is 1. The van der Waals surface area contributed by atoms with Crippen molar-refractivity contribution in [2.45, 2.75) is 64.0 Å². The van der Waals surface area contributed by atoms with Gasteiger partial charge in [0, 0.05) is 0 Å². The minimum atomic E-state index is -1.73. The van der Waals surface area contributed by atoms with E-state index in [1.807, 2.05) is 30.3 Å². The Hall–Kier alpha value is -1.77. The third-order valence-corrected chi connectivity index (χ3v) is 12.8. The Morgan fingerprint density at radius 1 is 0.793 bits per heavy atom. The second kappa shape index (κ2) is 10.3. The van der Waals surface area contributed by atoms with Crippen molar-refractivity contribution in [3.8, 4) is 17.2 Å². The summed E-state index contributed by atoms with van der Waals surface area (Å²) < 4.78 is 11.9. The average Bonchev–Trinajstić information content (AvgIpc) is 2.63. The highest BCUT2D eigenvalue weighted by Gasteiger charge is 2.32. The number of phenolic OH excluding ortho intramolecular Hbond substituents is 2. The van der Waals surface area contributed by atoms with Gasteiger partial charge in [-0.3, -0.25) is 0 Å². The third-order valence-electron chi connectivity index (χ3n) is 5.26. The predicted octanol–water partition coefficient (Wildman–Crippen LogP) is 6.10. The number of hydrogen-bond donors (Lipinski definition) is 2. The van der Waals surface area contributed by atoms with Gasteiger partial charge < -0.3 is 19.1 Å². The summed E-state index contributed by atoms with van der Waals surface area (Å²) in [5.74, 6) is 1.12. The molecule has 160 valence electrons. The summed E-state index contributed by atoms with van der Waals surface area (Å²) in [6.07, 6.45) is 3.99. The quantitative estimate of drug-likeness (QED) is 0.421. The molecule has 0 radical (unpaired) electrons.